The van der Waals surface area contributed by atoms with Gasteiger partial charge in [-0.05, 0) is 60.0 Å². The number of nitrogens with zero attached hydrogens (tertiary/aromatic N) is 1. The highest BCUT2D eigenvalue weighted by Gasteiger charge is 2.57. The van der Waals surface area contributed by atoms with Crippen LogP contribution in [-0.2, 0) is 28.6 Å². The lowest BCUT2D eigenvalue weighted by atomic mass is 9.72. The molecule has 2 heterocycles. The first-order valence-corrected chi connectivity index (χ1v) is 15.5. The molecule has 2 aromatic carbocycles. The minimum Gasteiger partial charge on any atom is -0.664 e. The molecule has 1 aromatic heterocycles. The fourth-order valence-corrected chi connectivity index (χ4v) is 6.66. The summed E-state index contributed by atoms with van der Waals surface area (Å²) in [4.78, 5) is 44.2. The summed E-state index contributed by atoms with van der Waals surface area (Å²) in [6.45, 7) is -0.568. The normalized spacial score (nSPS) is 27.9. The maximum atomic E-state index is 14.2. The monoisotopic (exact) mass is 672 g/mol. The average Bonchev–Trinajstić information content (AvgIpc) is 3.54. The van der Waals surface area contributed by atoms with Crippen molar-refractivity contribution in [3.8, 4) is 23.0 Å². The highest BCUT2D eigenvalue weighted by atomic mass is 16.6. The summed E-state index contributed by atoms with van der Waals surface area (Å²) in [5.74, 6) is -4.56. The second-order valence-electron chi connectivity index (χ2n) is 12.3. The zero-order valence-corrected chi connectivity index (χ0v) is 26.0. The molecular formula is C36H34NO12-. The molecule has 0 bridgehead atoms. The van der Waals surface area contributed by atoms with E-state index in [9.17, 15) is 45.0 Å². The summed E-state index contributed by atoms with van der Waals surface area (Å²) in [6.07, 6.45) is 5.98. The van der Waals surface area contributed by atoms with Crippen molar-refractivity contribution in [2.75, 3.05) is 13.2 Å². The minimum atomic E-state index is -2.09. The van der Waals surface area contributed by atoms with E-state index in [-0.39, 0.29) is 36.0 Å². The molecule has 13 heteroatoms. The van der Waals surface area contributed by atoms with Crippen molar-refractivity contribution < 1.29 is 59.2 Å². The Morgan fingerprint density at radius 3 is 2.24 bits per heavy atom. The number of aliphatic carboxylic acids is 1. The number of benzene rings is 2. The number of carboxylic acids is 1. The number of ketones is 2. The predicted octanol–water partition coefficient (Wildman–Crippen LogP) is 3.05. The molecule has 13 nitrogen and oxygen atoms in total. The zero-order chi connectivity index (χ0) is 34.9. The number of hydrogen-bond donors (Lipinski definition) is 6. The van der Waals surface area contributed by atoms with Gasteiger partial charge in [0.2, 0.25) is 0 Å². The molecule has 1 saturated heterocycles. The molecule has 3 aliphatic rings. The van der Waals surface area contributed by atoms with Gasteiger partial charge in [0.25, 0.3) is 0 Å². The summed E-state index contributed by atoms with van der Waals surface area (Å²) in [7, 11) is 0. The first kappa shape index (κ1) is 33.7. The van der Waals surface area contributed by atoms with Crippen LogP contribution in [0.25, 0.3) is 18.2 Å². The van der Waals surface area contributed by atoms with Crippen LogP contribution in [0.1, 0.15) is 47.6 Å². The number of ether oxygens (including phenoxy) is 3. The molecule has 1 aliphatic heterocycles. The van der Waals surface area contributed by atoms with Crippen LogP contribution in [0.4, 0.5) is 0 Å². The van der Waals surface area contributed by atoms with Gasteiger partial charge in [0.1, 0.15) is 12.7 Å². The fourth-order valence-electron chi connectivity index (χ4n) is 6.66. The minimum absolute atomic E-state index is 0.103. The van der Waals surface area contributed by atoms with Crippen molar-refractivity contribution in [1.29, 1.82) is 0 Å². The molecule has 0 spiro atoms. The van der Waals surface area contributed by atoms with E-state index in [4.69, 9.17) is 14.2 Å². The number of aliphatic hydroxyl groups excluding tert-OH is 1. The van der Waals surface area contributed by atoms with E-state index >= 15 is 0 Å². The summed E-state index contributed by atoms with van der Waals surface area (Å²) in [5.41, 5.74) is -1.58. The van der Waals surface area contributed by atoms with Gasteiger partial charge in [0, 0.05) is 25.4 Å². The van der Waals surface area contributed by atoms with Crippen LogP contribution in [0.15, 0.2) is 66.9 Å². The average molecular weight is 673 g/mol. The Kier molecular flexibility index (Phi) is 9.18. The molecule has 256 valence electrons. The fraction of sp³-hybridized carbons (Fsp3) is 0.306. The smallest absolute Gasteiger partial charge is 0.336 e. The Balaban J connectivity index is 1.29. The molecule has 6 atom stereocenters. The van der Waals surface area contributed by atoms with Gasteiger partial charge in [-0.3, -0.25) is 9.59 Å². The Labute approximate surface area is 280 Å². The van der Waals surface area contributed by atoms with Crippen LogP contribution in [-0.4, -0.2) is 90.9 Å². The molecular weight excluding hydrogens is 638 g/mol. The van der Waals surface area contributed by atoms with Gasteiger partial charge in [0.15, 0.2) is 45.8 Å². The third-order valence-electron chi connectivity index (χ3n) is 9.18. The number of fused-ring (bicyclic) bond motifs is 4. The quantitative estimate of drug-likeness (QED) is 0.143. The Morgan fingerprint density at radius 1 is 0.918 bits per heavy atom. The van der Waals surface area contributed by atoms with Crippen LogP contribution in [0.3, 0.4) is 0 Å². The predicted molar refractivity (Wildman–Crippen MR) is 173 cm³/mol. The second kappa shape index (κ2) is 13.4. The van der Waals surface area contributed by atoms with Crippen LogP contribution in [0.2, 0.25) is 0 Å². The summed E-state index contributed by atoms with van der Waals surface area (Å²) < 4.78 is 18.5. The van der Waals surface area contributed by atoms with Crippen molar-refractivity contribution in [2.45, 2.75) is 54.7 Å². The molecule has 0 amide bonds. The van der Waals surface area contributed by atoms with E-state index in [0.29, 0.717) is 23.2 Å². The van der Waals surface area contributed by atoms with Gasteiger partial charge in [0.05, 0.1) is 12.2 Å². The summed E-state index contributed by atoms with van der Waals surface area (Å²) in [5, 5.41) is 60.5. The Hall–Kier alpha value is -5.21. The number of phenols is 4. The van der Waals surface area contributed by atoms with Gasteiger partial charge in [-0.25, -0.2) is 4.79 Å². The number of aromatic hydroxyl groups is 4. The van der Waals surface area contributed by atoms with Gasteiger partial charge >= 0.3 is 5.97 Å². The SMILES string of the molecule is O=C(/C=C/c1ccc(O)c(O)c1)CO[C@@]1(C(=O)O)C[C@@H](O)[C@H]2OCC[C@H]3c4cc[n-]c4C=C[C@@]3(C(=O)/C=C/c3ccc(O)c(O)c3)O[C@@H]2C1. The number of hydrogen-bond acceptors (Lipinski definition) is 11. The van der Waals surface area contributed by atoms with Crippen LogP contribution < -0.4 is 4.98 Å². The molecule has 49 heavy (non-hydrogen) atoms. The van der Waals surface area contributed by atoms with Crippen molar-refractivity contribution in [1.82, 2.24) is 4.98 Å². The van der Waals surface area contributed by atoms with Crippen molar-refractivity contribution in [2.24, 2.45) is 0 Å². The second-order valence-corrected chi connectivity index (χ2v) is 12.3. The Morgan fingerprint density at radius 2 is 1.59 bits per heavy atom. The first-order chi connectivity index (χ1) is 23.4. The van der Waals surface area contributed by atoms with E-state index in [1.807, 2.05) is 0 Å². The third-order valence-corrected chi connectivity index (χ3v) is 9.18. The van der Waals surface area contributed by atoms with Gasteiger partial charge < -0.3 is 49.8 Å². The summed E-state index contributed by atoms with van der Waals surface area (Å²) >= 11 is 0. The number of carbonyl (C=O) groups excluding carboxylic acids is 2. The lowest BCUT2D eigenvalue weighted by molar-refractivity contribution is -0.237. The number of rotatable bonds is 9. The molecule has 1 saturated carbocycles. The van der Waals surface area contributed by atoms with E-state index in [1.165, 1.54) is 54.6 Å². The van der Waals surface area contributed by atoms with E-state index in [2.05, 4.69) is 4.98 Å². The number of aromatic nitrogens is 1. The van der Waals surface area contributed by atoms with Crippen molar-refractivity contribution >= 4 is 35.8 Å². The molecule has 6 rings (SSSR count). The molecule has 2 fully saturated rings. The van der Waals surface area contributed by atoms with E-state index < -0.39 is 66.0 Å². The number of aliphatic hydroxyl groups is 1. The molecule has 0 unspecified atom stereocenters. The van der Waals surface area contributed by atoms with E-state index in [0.717, 1.165) is 11.6 Å². The standard InChI is InChI=1S/C36H34NO12/c38-22(5-1-20-2-6-26(39)28(41)15-20)19-48-35(34(45)46)17-30(43)33-31(18-35)49-36(32(44)8-4-21-3-7-27(40)29(42)16-21)12-9-25-23(10-13-37-25)24(36)11-14-47-33/h1-10,12-13,15-16,24,30-31,33,41-43H,11,14,17-19H2,(H,38,39)(H,40,44)(H,45,46)/q-1/t24-,30+,31+,33+,35-,36+/m0/s1. The number of carboxylic acid groups (broad SMARTS) is 1. The maximum absolute atomic E-state index is 14.2. The first-order valence-electron chi connectivity index (χ1n) is 15.5. The summed E-state index contributed by atoms with van der Waals surface area (Å²) in [6, 6.07) is 9.80. The van der Waals surface area contributed by atoms with Gasteiger partial charge in [-0.1, -0.05) is 42.0 Å². The topological polar surface area (TPSA) is 214 Å². The number of phenolic OH excluding ortho intramolecular Hbond substituents is 4. The lowest BCUT2D eigenvalue weighted by Crippen LogP contribution is -2.63. The molecule has 3 aromatic rings. The Bertz CT molecular complexity index is 1860. The number of carbonyl (C=O) groups is 3. The largest absolute Gasteiger partial charge is 0.664 e. The molecule has 6 N–H and O–H groups in total. The van der Waals surface area contributed by atoms with Gasteiger partial charge in [-0.15, -0.1) is 5.69 Å². The zero-order valence-electron chi connectivity index (χ0n) is 26.0. The van der Waals surface area contributed by atoms with Crippen molar-refractivity contribution in [3.63, 3.8) is 0 Å². The maximum Gasteiger partial charge on any atom is 0.336 e. The highest BCUT2D eigenvalue weighted by molar-refractivity contribution is 6.03. The van der Waals surface area contributed by atoms with Crippen LogP contribution >= 0.6 is 0 Å². The van der Waals surface area contributed by atoms with Crippen LogP contribution in [0.5, 0.6) is 23.0 Å². The third kappa shape index (κ3) is 6.61. The molecule has 2 aliphatic carbocycles. The molecule has 0 radical (unpaired) electrons. The van der Waals surface area contributed by atoms with Gasteiger partial charge in [-0.2, -0.15) is 6.20 Å². The van der Waals surface area contributed by atoms with Crippen molar-refractivity contribution in [3.05, 3.63) is 89.3 Å². The van der Waals surface area contributed by atoms with Crippen LogP contribution in [0, 0.1) is 0 Å². The highest BCUT2D eigenvalue weighted by Crippen LogP contribution is 2.47. The van der Waals surface area contributed by atoms with E-state index in [1.54, 1.807) is 24.4 Å². The lowest BCUT2D eigenvalue weighted by Gasteiger charge is -2.50.